The van der Waals surface area contributed by atoms with E-state index in [4.69, 9.17) is 5.73 Å². The van der Waals surface area contributed by atoms with Gasteiger partial charge in [-0.2, -0.15) is 20.1 Å². The second kappa shape index (κ2) is 7.30. The van der Waals surface area contributed by atoms with Crippen LogP contribution in [0.1, 0.15) is 42.1 Å². The molecule has 1 aliphatic carbocycles. The van der Waals surface area contributed by atoms with Gasteiger partial charge in [0.25, 0.3) is 0 Å². The van der Waals surface area contributed by atoms with Gasteiger partial charge in [0.05, 0.1) is 17.6 Å². The molecule has 1 atom stereocenters. The number of rotatable bonds is 1. The van der Waals surface area contributed by atoms with Gasteiger partial charge in [-0.05, 0) is 54.7 Å². The van der Waals surface area contributed by atoms with Crippen molar-refractivity contribution >= 4 is 5.82 Å². The molecule has 0 radical (unpaired) electrons. The van der Waals surface area contributed by atoms with E-state index in [0.29, 0.717) is 18.7 Å². The van der Waals surface area contributed by atoms with Crippen LogP contribution in [-0.2, 0) is 26.4 Å². The number of nitrogens with zero attached hydrogens (tertiary/aromatic N) is 6. The van der Waals surface area contributed by atoms with Crippen LogP contribution >= 0.6 is 0 Å². The molecule has 0 amide bonds. The van der Waals surface area contributed by atoms with E-state index < -0.39 is 0 Å². The molecule has 1 aromatic carbocycles. The number of aryl methyl sites for hydroxylation is 2. The molecule has 0 spiro atoms. The Morgan fingerprint density at radius 2 is 2.00 bits per heavy atom. The molecule has 7 nitrogen and oxygen atoms in total. The number of nitrogen functional groups attached to an aromatic ring is 1. The van der Waals surface area contributed by atoms with Gasteiger partial charge >= 0.3 is 0 Å². The molecule has 5 rings (SSSR count). The number of aromatic nitrogens is 6. The first-order chi connectivity index (χ1) is 14.9. The van der Waals surface area contributed by atoms with Crippen molar-refractivity contribution < 1.29 is 4.39 Å². The van der Waals surface area contributed by atoms with Gasteiger partial charge in [-0.25, -0.2) is 9.37 Å². The molecule has 0 aliphatic heterocycles. The van der Waals surface area contributed by atoms with Crippen LogP contribution in [0.15, 0.2) is 36.7 Å². The SMILES string of the molecule is CCn1ncc2c1-c1cnc(N)c(c1)C[C@H](C)c1cc(F)ccc1-c1nn(C)nc1C2. The van der Waals surface area contributed by atoms with Gasteiger partial charge < -0.3 is 5.73 Å². The van der Waals surface area contributed by atoms with Crippen LogP contribution in [0.3, 0.4) is 0 Å². The Morgan fingerprint density at radius 3 is 2.81 bits per heavy atom. The summed E-state index contributed by atoms with van der Waals surface area (Å²) in [6, 6.07) is 6.96. The molecule has 8 heteroatoms. The van der Waals surface area contributed by atoms with E-state index >= 15 is 0 Å². The molecule has 31 heavy (non-hydrogen) atoms. The first kappa shape index (κ1) is 19.4. The zero-order valence-electron chi connectivity index (χ0n) is 17.8. The predicted molar refractivity (Wildman–Crippen MR) is 117 cm³/mol. The van der Waals surface area contributed by atoms with Crippen molar-refractivity contribution in [3.8, 4) is 22.5 Å². The summed E-state index contributed by atoms with van der Waals surface area (Å²) >= 11 is 0. The van der Waals surface area contributed by atoms with Crippen molar-refractivity contribution in [3.63, 3.8) is 0 Å². The minimum atomic E-state index is -0.269. The lowest BCUT2D eigenvalue weighted by molar-refractivity contribution is 0.621. The molecular weight excluding hydrogens is 393 g/mol. The minimum Gasteiger partial charge on any atom is -0.383 e. The summed E-state index contributed by atoms with van der Waals surface area (Å²) in [6.07, 6.45) is 4.87. The topological polar surface area (TPSA) is 87.4 Å². The summed E-state index contributed by atoms with van der Waals surface area (Å²) in [4.78, 5) is 6.04. The van der Waals surface area contributed by atoms with Crippen LogP contribution in [0.2, 0.25) is 0 Å². The van der Waals surface area contributed by atoms with Crippen LogP contribution in [0, 0.1) is 5.82 Å². The molecule has 1 aliphatic rings. The third kappa shape index (κ3) is 3.28. The van der Waals surface area contributed by atoms with E-state index in [-0.39, 0.29) is 11.7 Å². The summed E-state index contributed by atoms with van der Waals surface area (Å²) in [5.41, 5.74) is 13.6. The van der Waals surface area contributed by atoms with Crippen LogP contribution < -0.4 is 5.73 Å². The average molecular weight is 417 g/mol. The number of hydrogen-bond donors (Lipinski definition) is 1. The Balaban J connectivity index is 1.81. The van der Waals surface area contributed by atoms with E-state index in [0.717, 1.165) is 51.4 Å². The minimum absolute atomic E-state index is 0.00916. The summed E-state index contributed by atoms with van der Waals surface area (Å²) in [7, 11) is 1.81. The summed E-state index contributed by atoms with van der Waals surface area (Å²) in [6.45, 7) is 4.88. The van der Waals surface area contributed by atoms with E-state index in [1.165, 1.54) is 6.07 Å². The Labute approximate surface area is 179 Å². The highest BCUT2D eigenvalue weighted by molar-refractivity contribution is 5.70. The maximum atomic E-state index is 14.3. The molecule has 0 saturated heterocycles. The van der Waals surface area contributed by atoms with Gasteiger partial charge in [-0.15, -0.1) is 0 Å². The second-order valence-electron chi connectivity index (χ2n) is 8.10. The first-order valence-corrected chi connectivity index (χ1v) is 10.4. The fourth-order valence-corrected chi connectivity index (χ4v) is 4.49. The number of benzene rings is 1. The van der Waals surface area contributed by atoms with Gasteiger partial charge in [0.1, 0.15) is 17.3 Å². The lowest BCUT2D eigenvalue weighted by atomic mass is 9.87. The van der Waals surface area contributed by atoms with Crippen molar-refractivity contribution in [1.82, 2.24) is 29.8 Å². The Morgan fingerprint density at radius 1 is 1.16 bits per heavy atom. The standard InChI is InChI=1S/C23H24FN7/c1-4-31-22-15-8-14(23(25)26-11-15)7-13(2)19-10-17(24)5-6-18(19)21-20(28-30(3)29-21)9-16(22)12-27-31/h5-6,8,10-13H,4,7,9H2,1-3H3,(H2,25,26)/t13-/m0/s1. The van der Waals surface area contributed by atoms with Gasteiger partial charge in [0, 0.05) is 42.9 Å². The fourth-order valence-electron chi connectivity index (χ4n) is 4.49. The monoisotopic (exact) mass is 417 g/mol. The molecule has 0 unspecified atom stereocenters. The molecule has 2 N–H and O–H groups in total. The quantitative estimate of drug-likeness (QED) is 0.510. The van der Waals surface area contributed by atoms with Crippen molar-refractivity contribution in [2.75, 3.05) is 5.73 Å². The number of nitrogens with two attached hydrogens (primary N) is 1. The van der Waals surface area contributed by atoms with Crippen LogP contribution in [0.5, 0.6) is 0 Å². The molecule has 0 fully saturated rings. The van der Waals surface area contributed by atoms with Gasteiger partial charge in [-0.3, -0.25) is 4.68 Å². The highest BCUT2D eigenvalue weighted by atomic mass is 19.1. The molecule has 3 aromatic heterocycles. The van der Waals surface area contributed by atoms with E-state index in [1.54, 1.807) is 23.1 Å². The summed E-state index contributed by atoms with van der Waals surface area (Å²) in [5.74, 6) is 0.235. The molecular formula is C23H24FN7. The number of fused-ring (bicyclic) bond motifs is 7. The van der Waals surface area contributed by atoms with Crippen molar-refractivity contribution in [2.24, 2.45) is 7.05 Å². The highest BCUT2D eigenvalue weighted by Crippen LogP contribution is 2.36. The van der Waals surface area contributed by atoms with E-state index in [9.17, 15) is 4.39 Å². The zero-order valence-corrected chi connectivity index (χ0v) is 17.8. The first-order valence-electron chi connectivity index (χ1n) is 10.4. The molecule has 2 bridgehead atoms. The molecule has 4 aromatic rings. The zero-order chi connectivity index (χ0) is 21.7. The smallest absolute Gasteiger partial charge is 0.126 e. The molecule has 158 valence electrons. The highest BCUT2D eigenvalue weighted by Gasteiger charge is 2.24. The molecule has 0 saturated carbocycles. The number of anilines is 1. The predicted octanol–water partition coefficient (Wildman–Crippen LogP) is 3.73. The maximum absolute atomic E-state index is 14.3. The van der Waals surface area contributed by atoms with E-state index in [2.05, 4.69) is 40.2 Å². The van der Waals surface area contributed by atoms with Gasteiger partial charge in [0.15, 0.2) is 0 Å². The lowest BCUT2D eigenvalue weighted by Crippen LogP contribution is -2.08. The van der Waals surface area contributed by atoms with Crippen molar-refractivity contribution in [1.29, 1.82) is 0 Å². The third-order valence-corrected chi connectivity index (χ3v) is 5.96. The van der Waals surface area contributed by atoms with Crippen molar-refractivity contribution in [3.05, 3.63) is 64.9 Å². The Bertz CT molecular complexity index is 1290. The van der Waals surface area contributed by atoms with E-state index in [1.807, 2.05) is 17.9 Å². The number of pyridine rings is 1. The number of hydrogen-bond acceptors (Lipinski definition) is 5. The Kier molecular flexibility index (Phi) is 4.57. The molecule has 3 heterocycles. The van der Waals surface area contributed by atoms with Crippen molar-refractivity contribution in [2.45, 2.75) is 39.2 Å². The second-order valence-corrected chi connectivity index (χ2v) is 8.10. The van der Waals surface area contributed by atoms with Gasteiger partial charge in [0.2, 0.25) is 0 Å². The fraction of sp³-hybridized carbons (Fsp3) is 0.304. The lowest BCUT2D eigenvalue weighted by Gasteiger charge is -2.19. The third-order valence-electron chi connectivity index (χ3n) is 5.96. The summed E-state index contributed by atoms with van der Waals surface area (Å²) < 4.78 is 16.2. The van der Waals surface area contributed by atoms with Gasteiger partial charge in [-0.1, -0.05) is 6.92 Å². The number of halogens is 1. The van der Waals surface area contributed by atoms with Crippen LogP contribution in [0.25, 0.3) is 22.5 Å². The maximum Gasteiger partial charge on any atom is 0.126 e. The summed E-state index contributed by atoms with van der Waals surface area (Å²) in [5, 5.41) is 13.9. The largest absolute Gasteiger partial charge is 0.383 e. The Hall–Kier alpha value is -3.55. The van der Waals surface area contributed by atoms with Crippen LogP contribution in [0.4, 0.5) is 10.2 Å². The normalized spacial score (nSPS) is 15.4. The average Bonchev–Trinajstić information content (AvgIpc) is 3.32. The van der Waals surface area contributed by atoms with Crippen LogP contribution in [-0.4, -0.2) is 29.8 Å².